The van der Waals surface area contributed by atoms with E-state index in [0.717, 1.165) is 18.9 Å². The van der Waals surface area contributed by atoms with Crippen LogP contribution in [0.15, 0.2) is 0 Å². The summed E-state index contributed by atoms with van der Waals surface area (Å²) in [4.78, 5) is 0. The predicted molar refractivity (Wildman–Crippen MR) is 67.0 cm³/mol. The summed E-state index contributed by atoms with van der Waals surface area (Å²) in [6.45, 7) is 12.2. The van der Waals surface area contributed by atoms with Crippen LogP contribution in [-0.2, 0) is 0 Å². The smallest absolute Gasteiger partial charge is 0.0496 e. The molecule has 2 unspecified atom stereocenters. The fourth-order valence-corrected chi connectivity index (χ4v) is 1.40. The molecule has 0 aliphatic rings. The Morgan fingerprint density at radius 3 is 2.20 bits per heavy atom. The molecular weight excluding hydrogens is 186 g/mol. The SMILES string of the molecule is CCC(C)(CO)CNC(C)CCC(C)C. The van der Waals surface area contributed by atoms with Gasteiger partial charge in [-0.2, -0.15) is 0 Å². The van der Waals surface area contributed by atoms with Crippen molar-refractivity contribution in [3.8, 4) is 0 Å². The van der Waals surface area contributed by atoms with Gasteiger partial charge in [0.15, 0.2) is 0 Å². The molecule has 0 bridgehead atoms. The zero-order valence-corrected chi connectivity index (χ0v) is 11.1. The molecule has 2 atom stereocenters. The molecule has 0 aliphatic heterocycles. The molecule has 0 saturated heterocycles. The van der Waals surface area contributed by atoms with Crippen LogP contribution in [0.3, 0.4) is 0 Å². The summed E-state index contributed by atoms with van der Waals surface area (Å²) >= 11 is 0. The van der Waals surface area contributed by atoms with Crippen molar-refractivity contribution < 1.29 is 5.11 Å². The molecule has 0 spiro atoms. The van der Waals surface area contributed by atoms with Crippen LogP contribution in [-0.4, -0.2) is 24.3 Å². The Balaban J connectivity index is 3.73. The number of aliphatic hydroxyl groups excluding tert-OH is 1. The van der Waals surface area contributed by atoms with Crippen molar-refractivity contribution >= 4 is 0 Å². The number of hydrogen-bond donors (Lipinski definition) is 2. The summed E-state index contributed by atoms with van der Waals surface area (Å²) in [5.74, 6) is 0.782. The number of rotatable bonds is 8. The van der Waals surface area contributed by atoms with Crippen molar-refractivity contribution in [3.05, 3.63) is 0 Å². The van der Waals surface area contributed by atoms with E-state index in [2.05, 4.69) is 39.9 Å². The second kappa shape index (κ2) is 7.24. The maximum atomic E-state index is 9.28. The maximum Gasteiger partial charge on any atom is 0.0496 e. The lowest BCUT2D eigenvalue weighted by Gasteiger charge is -2.28. The Bertz CT molecular complexity index is 153. The lowest BCUT2D eigenvalue weighted by Crippen LogP contribution is -2.38. The molecule has 0 saturated carbocycles. The van der Waals surface area contributed by atoms with E-state index < -0.39 is 0 Å². The van der Waals surface area contributed by atoms with Crippen molar-refractivity contribution in [2.45, 2.75) is 59.9 Å². The molecule has 2 heteroatoms. The molecule has 0 aromatic carbocycles. The van der Waals surface area contributed by atoms with Crippen LogP contribution in [0.25, 0.3) is 0 Å². The zero-order chi connectivity index (χ0) is 11.9. The number of nitrogens with one attached hydrogen (secondary N) is 1. The average molecular weight is 215 g/mol. The predicted octanol–water partition coefficient (Wildman–Crippen LogP) is 2.81. The van der Waals surface area contributed by atoms with Gasteiger partial charge in [0, 0.05) is 24.6 Å². The molecule has 0 aromatic rings. The van der Waals surface area contributed by atoms with Gasteiger partial charge < -0.3 is 10.4 Å². The molecule has 0 fully saturated rings. The molecule has 0 aliphatic carbocycles. The Hall–Kier alpha value is -0.0800. The summed E-state index contributed by atoms with van der Waals surface area (Å²) in [5.41, 5.74) is 0.0477. The summed E-state index contributed by atoms with van der Waals surface area (Å²) in [5, 5.41) is 12.8. The van der Waals surface area contributed by atoms with E-state index in [0.29, 0.717) is 6.04 Å². The van der Waals surface area contributed by atoms with Crippen LogP contribution in [0.1, 0.15) is 53.9 Å². The topological polar surface area (TPSA) is 32.3 Å². The zero-order valence-electron chi connectivity index (χ0n) is 11.1. The molecule has 0 aromatic heterocycles. The maximum absolute atomic E-state index is 9.28. The highest BCUT2D eigenvalue weighted by Crippen LogP contribution is 2.19. The van der Waals surface area contributed by atoms with Gasteiger partial charge in [0.25, 0.3) is 0 Å². The van der Waals surface area contributed by atoms with Gasteiger partial charge in [0.1, 0.15) is 0 Å². The third kappa shape index (κ3) is 6.91. The monoisotopic (exact) mass is 215 g/mol. The standard InChI is InChI=1S/C13H29NO/c1-6-13(5,10-15)9-14-12(4)8-7-11(2)3/h11-12,14-15H,6-10H2,1-5H3. The number of aliphatic hydroxyl groups is 1. The molecule has 0 rings (SSSR count). The first-order valence-corrected chi connectivity index (χ1v) is 6.27. The van der Waals surface area contributed by atoms with Crippen LogP contribution in [0, 0.1) is 11.3 Å². The normalized spacial score (nSPS) is 17.8. The second-order valence-electron chi connectivity index (χ2n) is 5.58. The van der Waals surface area contributed by atoms with Gasteiger partial charge in [-0.3, -0.25) is 0 Å². The van der Waals surface area contributed by atoms with E-state index >= 15 is 0 Å². The van der Waals surface area contributed by atoms with E-state index in [1.807, 2.05) is 0 Å². The quantitative estimate of drug-likeness (QED) is 0.652. The van der Waals surface area contributed by atoms with Crippen LogP contribution in [0.2, 0.25) is 0 Å². The van der Waals surface area contributed by atoms with Crippen molar-refractivity contribution in [3.63, 3.8) is 0 Å². The Labute approximate surface area is 95.5 Å². The molecule has 0 heterocycles. The van der Waals surface area contributed by atoms with Crippen molar-refractivity contribution in [1.29, 1.82) is 0 Å². The van der Waals surface area contributed by atoms with Gasteiger partial charge in [-0.05, 0) is 32.1 Å². The summed E-state index contributed by atoms with van der Waals surface area (Å²) < 4.78 is 0. The van der Waals surface area contributed by atoms with E-state index in [9.17, 15) is 5.11 Å². The van der Waals surface area contributed by atoms with Crippen molar-refractivity contribution in [1.82, 2.24) is 5.32 Å². The fourth-order valence-electron chi connectivity index (χ4n) is 1.40. The van der Waals surface area contributed by atoms with Crippen LogP contribution < -0.4 is 5.32 Å². The first kappa shape index (κ1) is 14.9. The molecule has 0 amide bonds. The van der Waals surface area contributed by atoms with E-state index in [-0.39, 0.29) is 12.0 Å². The average Bonchev–Trinajstić information content (AvgIpc) is 2.23. The van der Waals surface area contributed by atoms with Crippen LogP contribution in [0.5, 0.6) is 0 Å². The minimum Gasteiger partial charge on any atom is -0.396 e. The molecular formula is C13H29NO. The molecule has 15 heavy (non-hydrogen) atoms. The highest BCUT2D eigenvalue weighted by molar-refractivity contribution is 4.76. The highest BCUT2D eigenvalue weighted by atomic mass is 16.3. The van der Waals surface area contributed by atoms with Gasteiger partial charge in [0.05, 0.1) is 0 Å². The highest BCUT2D eigenvalue weighted by Gasteiger charge is 2.21. The van der Waals surface area contributed by atoms with E-state index in [1.165, 1.54) is 12.8 Å². The molecule has 2 nitrogen and oxygen atoms in total. The first-order valence-electron chi connectivity index (χ1n) is 6.27. The fraction of sp³-hybridized carbons (Fsp3) is 1.00. The summed E-state index contributed by atoms with van der Waals surface area (Å²) in [7, 11) is 0. The summed E-state index contributed by atoms with van der Waals surface area (Å²) in [6.07, 6.45) is 3.52. The first-order chi connectivity index (χ1) is 6.93. The minimum absolute atomic E-state index is 0.0477. The van der Waals surface area contributed by atoms with Gasteiger partial charge >= 0.3 is 0 Å². The molecule has 0 radical (unpaired) electrons. The molecule has 92 valence electrons. The Morgan fingerprint density at radius 2 is 1.80 bits per heavy atom. The van der Waals surface area contributed by atoms with E-state index in [4.69, 9.17) is 0 Å². The lowest BCUT2D eigenvalue weighted by atomic mass is 9.88. The Morgan fingerprint density at radius 1 is 1.20 bits per heavy atom. The van der Waals surface area contributed by atoms with Gasteiger partial charge in [-0.15, -0.1) is 0 Å². The largest absolute Gasteiger partial charge is 0.396 e. The third-order valence-corrected chi connectivity index (χ3v) is 3.29. The van der Waals surface area contributed by atoms with Gasteiger partial charge in [-0.25, -0.2) is 0 Å². The van der Waals surface area contributed by atoms with Crippen LogP contribution >= 0.6 is 0 Å². The lowest BCUT2D eigenvalue weighted by molar-refractivity contribution is 0.131. The second-order valence-corrected chi connectivity index (χ2v) is 5.58. The van der Waals surface area contributed by atoms with E-state index in [1.54, 1.807) is 0 Å². The molecule has 2 N–H and O–H groups in total. The minimum atomic E-state index is 0.0477. The third-order valence-electron chi connectivity index (χ3n) is 3.29. The van der Waals surface area contributed by atoms with Crippen LogP contribution in [0.4, 0.5) is 0 Å². The van der Waals surface area contributed by atoms with Crippen molar-refractivity contribution in [2.75, 3.05) is 13.2 Å². The number of hydrogen-bond acceptors (Lipinski definition) is 2. The van der Waals surface area contributed by atoms with Gasteiger partial charge in [0.2, 0.25) is 0 Å². The van der Waals surface area contributed by atoms with Gasteiger partial charge in [-0.1, -0.05) is 27.7 Å². The van der Waals surface area contributed by atoms with Crippen molar-refractivity contribution in [2.24, 2.45) is 11.3 Å². The summed E-state index contributed by atoms with van der Waals surface area (Å²) in [6, 6.07) is 0.560. The Kier molecular flexibility index (Phi) is 7.20.